The van der Waals surface area contributed by atoms with E-state index in [4.69, 9.17) is 11.5 Å². The Morgan fingerprint density at radius 2 is 2.00 bits per heavy atom. The van der Waals surface area contributed by atoms with E-state index in [1.54, 1.807) is 11.8 Å². The van der Waals surface area contributed by atoms with E-state index in [-0.39, 0.29) is 6.04 Å². The fourth-order valence-corrected chi connectivity index (χ4v) is 5.45. The fraction of sp³-hybridized carbons (Fsp3) is 0.536. The maximum atomic E-state index is 5.90. The Morgan fingerprint density at radius 3 is 2.64 bits per heavy atom. The van der Waals surface area contributed by atoms with Crippen molar-refractivity contribution in [3.05, 3.63) is 70.4 Å². The van der Waals surface area contributed by atoms with Crippen molar-refractivity contribution in [2.45, 2.75) is 58.9 Å². The molecule has 0 radical (unpaired) electrons. The van der Waals surface area contributed by atoms with Gasteiger partial charge in [-0.05, 0) is 79.7 Å². The van der Waals surface area contributed by atoms with Crippen molar-refractivity contribution in [2.75, 3.05) is 26.4 Å². The molecule has 0 aliphatic heterocycles. The van der Waals surface area contributed by atoms with Crippen LogP contribution in [0.25, 0.3) is 0 Å². The van der Waals surface area contributed by atoms with Gasteiger partial charge in [0.15, 0.2) is 0 Å². The molecule has 2 aliphatic carbocycles. The molecule has 0 aromatic heterocycles. The molecule has 2 aliphatic rings. The molecule has 0 fully saturated rings. The number of thioether (sulfide) groups is 1. The van der Waals surface area contributed by atoms with E-state index in [0.717, 1.165) is 43.4 Å². The maximum absolute atomic E-state index is 5.90. The number of hydrogen-bond donors (Lipinski definition) is 2. The highest BCUT2D eigenvalue weighted by atomic mass is 32.2. The lowest BCUT2D eigenvalue weighted by molar-refractivity contribution is 0.525. The second-order valence-electron chi connectivity index (χ2n) is 9.54. The number of hydrogen-bond acceptors (Lipinski definition) is 4. The van der Waals surface area contributed by atoms with Gasteiger partial charge in [0.2, 0.25) is 0 Å². The van der Waals surface area contributed by atoms with Crippen LogP contribution in [-0.2, 0) is 0 Å². The first-order chi connectivity index (χ1) is 15.6. The molecule has 0 aromatic carbocycles. The minimum atomic E-state index is 0.00885. The van der Waals surface area contributed by atoms with E-state index in [1.165, 1.54) is 27.3 Å². The van der Waals surface area contributed by atoms with E-state index in [1.807, 2.05) is 6.92 Å². The maximum Gasteiger partial charge on any atom is 0.0913 e. The van der Waals surface area contributed by atoms with Crippen LogP contribution >= 0.6 is 11.8 Å². The SMILES string of the molecule is C=C(CCCN)C(CSC(=C)C(C)C1=CC2=C(C=C(N(C)C)C=CCC2)CC1C)N=C(C)N. The Hall–Kier alpha value is -1.98. The lowest BCUT2D eigenvalue weighted by atomic mass is 9.77. The summed E-state index contributed by atoms with van der Waals surface area (Å²) in [7, 11) is 4.23. The summed E-state index contributed by atoms with van der Waals surface area (Å²) in [5.74, 6) is 2.23. The molecule has 182 valence electrons. The zero-order valence-corrected chi connectivity index (χ0v) is 22.2. The molecule has 33 heavy (non-hydrogen) atoms. The predicted octanol–water partition coefficient (Wildman–Crippen LogP) is 5.97. The summed E-state index contributed by atoms with van der Waals surface area (Å²) in [5, 5.41) is 0. The van der Waals surface area contributed by atoms with Crippen LogP contribution in [0.5, 0.6) is 0 Å². The Kier molecular flexibility index (Phi) is 10.8. The highest BCUT2D eigenvalue weighted by Crippen LogP contribution is 2.41. The third-order valence-corrected chi connectivity index (χ3v) is 7.71. The predicted molar refractivity (Wildman–Crippen MR) is 148 cm³/mol. The van der Waals surface area contributed by atoms with Crippen molar-refractivity contribution in [2.24, 2.45) is 28.3 Å². The van der Waals surface area contributed by atoms with Gasteiger partial charge in [0.05, 0.1) is 11.9 Å². The molecule has 0 spiro atoms. The highest BCUT2D eigenvalue weighted by Gasteiger charge is 2.25. The van der Waals surface area contributed by atoms with Crippen LogP contribution in [0.1, 0.15) is 52.9 Å². The summed E-state index contributed by atoms with van der Waals surface area (Å²) in [6.45, 7) is 15.9. The van der Waals surface area contributed by atoms with Crippen molar-refractivity contribution in [3.8, 4) is 0 Å². The average molecular weight is 469 g/mol. The third kappa shape index (κ3) is 8.08. The van der Waals surface area contributed by atoms with Gasteiger partial charge >= 0.3 is 0 Å². The summed E-state index contributed by atoms with van der Waals surface area (Å²) < 4.78 is 0. The van der Waals surface area contributed by atoms with Gasteiger partial charge < -0.3 is 16.4 Å². The molecule has 4 N–H and O–H groups in total. The first kappa shape index (κ1) is 27.3. The fourth-order valence-electron chi connectivity index (χ4n) is 4.38. The monoisotopic (exact) mass is 468 g/mol. The Bertz CT molecular complexity index is 868. The topological polar surface area (TPSA) is 67.6 Å². The van der Waals surface area contributed by atoms with E-state index < -0.39 is 0 Å². The largest absolute Gasteiger partial charge is 0.388 e. The molecule has 4 nitrogen and oxygen atoms in total. The normalized spacial score (nSPS) is 20.8. The number of allylic oxidation sites excluding steroid dienone is 8. The minimum Gasteiger partial charge on any atom is -0.388 e. The van der Waals surface area contributed by atoms with E-state index in [2.05, 4.69) is 75.3 Å². The number of nitrogens with zero attached hydrogens (tertiary/aromatic N) is 2. The zero-order chi connectivity index (χ0) is 24.5. The summed E-state index contributed by atoms with van der Waals surface area (Å²) in [4.78, 5) is 8.02. The van der Waals surface area contributed by atoms with Gasteiger partial charge in [-0.2, -0.15) is 0 Å². The van der Waals surface area contributed by atoms with Gasteiger partial charge in [-0.25, -0.2) is 0 Å². The van der Waals surface area contributed by atoms with Gasteiger partial charge in [0.1, 0.15) is 0 Å². The summed E-state index contributed by atoms with van der Waals surface area (Å²) in [6.07, 6.45) is 14.4. The minimum absolute atomic E-state index is 0.00885. The lowest BCUT2D eigenvalue weighted by Crippen LogP contribution is -2.19. The van der Waals surface area contributed by atoms with Gasteiger partial charge in [-0.3, -0.25) is 4.99 Å². The number of aliphatic imine (C=N–C) groups is 1. The molecule has 0 aromatic rings. The second kappa shape index (κ2) is 13.0. The summed E-state index contributed by atoms with van der Waals surface area (Å²) in [6, 6.07) is 0.00885. The van der Waals surface area contributed by atoms with Gasteiger partial charge in [-0.15, -0.1) is 11.8 Å². The molecule has 2 rings (SSSR count). The molecular weight excluding hydrogens is 424 g/mol. The first-order valence-corrected chi connectivity index (χ1v) is 13.1. The van der Waals surface area contributed by atoms with Crippen LogP contribution in [0, 0.1) is 11.8 Å². The van der Waals surface area contributed by atoms with Crippen molar-refractivity contribution in [1.29, 1.82) is 0 Å². The Morgan fingerprint density at radius 1 is 1.27 bits per heavy atom. The third-order valence-electron chi connectivity index (χ3n) is 6.50. The Labute approximate surface area is 206 Å². The first-order valence-electron chi connectivity index (χ1n) is 12.1. The molecule has 0 heterocycles. The lowest BCUT2D eigenvalue weighted by Gasteiger charge is -2.31. The number of amidine groups is 1. The molecule has 3 atom stereocenters. The van der Waals surface area contributed by atoms with Gasteiger partial charge in [0.25, 0.3) is 0 Å². The molecule has 3 unspecified atom stereocenters. The van der Waals surface area contributed by atoms with Crippen molar-refractivity contribution in [1.82, 2.24) is 4.90 Å². The molecule has 0 amide bonds. The van der Waals surface area contributed by atoms with Gasteiger partial charge in [0, 0.05) is 31.5 Å². The molecule has 0 saturated carbocycles. The molecule has 0 saturated heterocycles. The van der Waals surface area contributed by atoms with Crippen LogP contribution in [0.3, 0.4) is 0 Å². The average Bonchev–Trinajstić information content (AvgIpc) is 2.74. The molecule has 0 bridgehead atoms. The van der Waals surface area contributed by atoms with E-state index in [9.17, 15) is 0 Å². The number of nitrogens with two attached hydrogens (primary N) is 2. The highest BCUT2D eigenvalue weighted by molar-refractivity contribution is 8.03. The van der Waals surface area contributed by atoms with Crippen LogP contribution in [0.15, 0.2) is 75.3 Å². The van der Waals surface area contributed by atoms with Crippen LogP contribution in [0.2, 0.25) is 0 Å². The summed E-state index contributed by atoms with van der Waals surface area (Å²) in [5.41, 5.74) is 18.4. The van der Waals surface area contributed by atoms with Gasteiger partial charge in [-0.1, -0.05) is 50.3 Å². The number of likely N-dealkylation sites (N-methyl/N-ethyl adjacent to an activating group) is 1. The molecular formula is C28H44N4S. The van der Waals surface area contributed by atoms with Crippen LogP contribution in [-0.4, -0.2) is 43.2 Å². The summed E-state index contributed by atoms with van der Waals surface area (Å²) >= 11 is 1.80. The standard InChI is InChI=1S/C28H44N4S/c1-19(11-10-14-29)28(31-23(5)30)18-33-22(4)21(3)27-17-24-12-8-9-13-26(32(6)7)16-25(24)15-20(27)2/h9,13,16-17,20-21,28H,1,4,8,10-12,14-15,18,29H2,2-3,5-7H3,(H2,30,31). The number of rotatable bonds is 11. The zero-order valence-electron chi connectivity index (χ0n) is 21.4. The van der Waals surface area contributed by atoms with Crippen LogP contribution in [0.4, 0.5) is 0 Å². The van der Waals surface area contributed by atoms with Crippen LogP contribution < -0.4 is 11.5 Å². The smallest absolute Gasteiger partial charge is 0.0913 e. The molecule has 5 heteroatoms. The van der Waals surface area contributed by atoms with Crippen molar-refractivity contribution < 1.29 is 0 Å². The van der Waals surface area contributed by atoms with Crippen molar-refractivity contribution in [3.63, 3.8) is 0 Å². The Balaban J connectivity index is 2.15. The van der Waals surface area contributed by atoms with Crippen molar-refractivity contribution >= 4 is 17.6 Å². The second-order valence-corrected chi connectivity index (χ2v) is 10.7. The van der Waals surface area contributed by atoms with E-state index >= 15 is 0 Å². The quantitative estimate of drug-likeness (QED) is 0.223. The van der Waals surface area contributed by atoms with E-state index in [0.29, 0.717) is 24.2 Å².